The molecular weight excluding hydrogens is 413 g/mol. The lowest BCUT2D eigenvalue weighted by atomic mass is 9.58. The van der Waals surface area contributed by atoms with Crippen LogP contribution in [0.3, 0.4) is 0 Å². The van der Waals surface area contributed by atoms with Crippen molar-refractivity contribution in [2.75, 3.05) is 33.4 Å². The van der Waals surface area contributed by atoms with Crippen LogP contribution in [0.1, 0.15) is 25.7 Å². The van der Waals surface area contributed by atoms with Gasteiger partial charge in [0.25, 0.3) is 0 Å². The molecule has 2 heterocycles. The monoisotopic (exact) mass is 436 g/mol. The first kappa shape index (κ1) is 19.9. The number of nitrogens with one attached hydrogen (secondary N) is 1. The number of hydrogen-bond donors (Lipinski definition) is 1. The summed E-state index contributed by atoms with van der Waals surface area (Å²) in [7, 11) is 1.63. The van der Waals surface area contributed by atoms with E-state index < -0.39 is 23.5 Å². The predicted octanol–water partition coefficient (Wildman–Crippen LogP) is 3.39. The molecule has 0 aromatic rings. The van der Waals surface area contributed by atoms with E-state index in [9.17, 15) is 18.0 Å². The van der Waals surface area contributed by atoms with Gasteiger partial charge in [0.2, 0.25) is 0 Å². The van der Waals surface area contributed by atoms with Crippen molar-refractivity contribution in [3.8, 4) is 0 Å². The van der Waals surface area contributed by atoms with Crippen molar-refractivity contribution in [3.05, 3.63) is 22.2 Å². The van der Waals surface area contributed by atoms with Gasteiger partial charge in [0, 0.05) is 38.3 Å². The maximum absolute atomic E-state index is 13.2. The van der Waals surface area contributed by atoms with Crippen molar-refractivity contribution in [1.29, 1.82) is 0 Å². The summed E-state index contributed by atoms with van der Waals surface area (Å²) in [5, 5.41) is 3.38. The van der Waals surface area contributed by atoms with Gasteiger partial charge in [0.05, 0.1) is 0 Å². The van der Waals surface area contributed by atoms with Crippen LogP contribution in [0.25, 0.3) is 0 Å². The van der Waals surface area contributed by atoms with Gasteiger partial charge in [-0.25, -0.2) is 0 Å². The van der Waals surface area contributed by atoms with Gasteiger partial charge in [0.1, 0.15) is 0 Å². The lowest BCUT2D eigenvalue weighted by Gasteiger charge is -2.55. The number of methoxy groups -OCH3 is 1. The van der Waals surface area contributed by atoms with E-state index in [0.29, 0.717) is 39.0 Å². The number of rotatable bonds is 3. The van der Waals surface area contributed by atoms with Gasteiger partial charge in [-0.1, -0.05) is 33.7 Å². The fraction of sp³-hybridized carbons (Fsp3) is 0.722. The summed E-state index contributed by atoms with van der Waals surface area (Å²) in [6.45, 7) is 2.04. The maximum Gasteiger partial charge on any atom is 0.471 e. The molecule has 1 aliphatic carbocycles. The number of halogens is 4. The highest BCUT2D eigenvalue weighted by atomic mass is 79.9. The average molecular weight is 437 g/mol. The Balaban J connectivity index is 2.07. The summed E-state index contributed by atoms with van der Waals surface area (Å²) < 4.78 is 45.9. The molecule has 4 nitrogen and oxygen atoms in total. The SMILES string of the molecule is COCCC1CNCC=C2CCN(C(=O)C(F)(F)F)C3CCC(Br)=CC213. The molecule has 1 fully saturated rings. The Labute approximate surface area is 159 Å². The van der Waals surface area contributed by atoms with Crippen molar-refractivity contribution >= 4 is 21.8 Å². The lowest BCUT2D eigenvalue weighted by molar-refractivity contribution is -0.192. The third-order valence-corrected chi connectivity index (χ3v) is 6.52. The van der Waals surface area contributed by atoms with E-state index in [1.54, 1.807) is 7.11 Å². The van der Waals surface area contributed by atoms with Crippen LogP contribution in [0.2, 0.25) is 0 Å². The van der Waals surface area contributed by atoms with Crippen molar-refractivity contribution in [1.82, 2.24) is 10.2 Å². The van der Waals surface area contributed by atoms with Crippen molar-refractivity contribution in [2.45, 2.75) is 37.9 Å². The first-order valence-electron chi connectivity index (χ1n) is 8.95. The highest BCUT2D eigenvalue weighted by molar-refractivity contribution is 9.11. The molecule has 2 aliphatic heterocycles. The molecule has 0 aromatic heterocycles. The minimum atomic E-state index is -4.84. The highest BCUT2D eigenvalue weighted by Gasteiger charge is 2.56. The number of carbonyl (C=O) groups excluding carboxylic acids is 1. The van der Waals surface area contributed by atoms with Gasteiger partial charge in [-0.05, 0) is 42.6 Å². The number of carbonyl (C=O) groups is 1. The Morgan fingerprint density at radius 3 is 2.92 bits per heavy atom. The predicted molar refractivity (Wildman–Crippen MR) is 95.8 cm³/mol. The van der Waals surface area contributed by atoms with E-state index in [1.165, 1.54) is 0 Å². The van der Waals surface area contributed by atoms with Gasteiger partial charge in [0.15, 0.2) is 0 Å². The molecule has 3 atom stereocenters. The topological polar surface area (TPSA) is 41.6 Å². The quantitative estimate of drug-likeness (QED) is 0.689. The van der Waals surface area contributed by atoms with E-state index in [4.69, 9.17) is 4.74 Å². The second-order valence-electron chi connectivity index (χ2n) is 7.19. The average Bonchev–Trinajstić information content (AvgIpc) is 2.75. The molecule has 3 unspecified atom stereocenters. The standard InChI is InChI=1S/C18H24BrF3N2O2/c1-26-9-6-13-11-23-7-4-12-5-8-24(16(25)18(20,21)22)15-3-2-14(19)10-17(12,13)15/h4,10,13,15,23H,2-3,5-9,11H2,1H3. The molecule has 0 aromatic carbocycles. The van der Waals surface area contributed by atoms with Gasteiger partial charge < -0.3 is 15.0 Å². The molecule has 8 heteroatoms. The molecule has 3 rings (SSSR count). The van der Waals surface area contributed by atoms with E-state index >= 15 is 0 Å². The van der Waals surface area contributed by atoms with Gasteiger partial charge in [-0.3, -0.25) is 4.79 Å². The third kappa shape index (κ3) is 3.47. The summed E-state index contributed by atoms with van der Waals surface area (Å²) in [5.74, 6) is -1.65. The second kappa shape index (κ2) is 7.64. The van der Waals surface area contributed by atoms with Crippen LogP contribution in [0.5, 0.6) is 0 Å². The molecule has 1 spiro atoms. The zero-order chi connectivity index (χ0) is 18.9. The van der Waals surface area contributed by atoms with Gasteiger partial charge >= 0.3 is 12.1 Å². The molecule has 0 saturated carbocycles. The van der Waals surface area contributed by atoms with Crippen LogP contribution in [0.15, 0.2) is 22.2 Å². The fourth-order valence-electron chi connectivity index (χ4n) is 4.83. The van der Waals surface area contributed by atoms with Crippen molar-refractivity contribution in [2.24, 2.45) is 11.3 Å². The first-order valence-corrected chi connectivity index (χ1v) is 9.74. The Hall–Kier alpha value is -0.860. The number of ether oxygens (including phenoxy) is 1. The summed E-state index contributed by atoms with van der Waals surface area (Å²) in [4.78, 5) is 13.2. The zero-order valence-electron chi connectivity index (χ0n) is 14.7. The summed E-state index contributed by atoms with van der Waals surface area (Å²) in [5.41, 5.74) is 0.578. The Bertz CT molecular complexity index is 620. The van der Waals surface area contributed by atoms with Crippen LogP contribution in [0.4, 0.5) is 13.2 Å². The van der Waals surface area contributed by atoms with Gasteiger partial charge in [-0.15, -0.1) is 0 Å². The molecule has 26 heavy (non-hydrogen) atoms. The number of likely N-dealkylation sites (tertiary alicyclic amines) is 1. The Morgan fingerprint density at radius 2 is 2.23 bits per heavy atom. The molecule has 1 saturated heterocycles. The molecule has 146 valence electrons. The zero-order valence-corrected chi connectivity index (χ0v) is 16.3. The molecule has 0 radical (unpaired) electrons. The largest absolute Gasteiger partial charge is 0.471 e. The third-order valence-electron chi connectivity index (χ3n) is 5.89. The number of allylic oxidation sites excluding steroid dienone is 1. The van der Waals surface area contributed by atoms with Crippen LogP contribution in [-0.4, -0.2) is 56.4 Å². The first-order chi connectivity index (χ1) is 12.3. The molecule has 1 amide bonds. The lowest BCUT2D eigenvalue weighted by Crippen LogP contribution is -2.61. The molecule has 3 aliphatic rings. The number of nitrogens with zero attached hydrogens (tertiary/aromatic N) is 1. The Kier molecular flexibility index (Phi) is 5.84. The van der Waals surface area contributed by atoms with E-state index in [-0.39, 0.29) is 12.5 Å². The minimum Gasteiger partial charge on any atom is -0.385 e. The maximum atomic E-state index is 13.2. The van der Waals surface area contributed by atoms with Crippen LogP contribution >= 0.6 is 15.9 Å². The van der Waals surface area contributed by atoms with Crippen LogP contribution < -0.4 is 5.32 Å². The highest BCUT2D eigenvalue weighted by Crippen LogP contribution is 2.54. The van der Waals surface area contributed by atoms with E-state index in [0.717, 1.165) is 21.4 Å². The number of hydrogen-bond acceptors (Lipinski definition) is 3. The minimum absolute atomic E-state index is 0.0675. The molecular formula is C18H24BrF3N2O2. The number of amides is 1. The van der Waals surface area contributed by atoms with Crippen LogP contribution in [-0.2, 0) is 9.53 Å². The van der Waals surface area contributed by atoms with E-state index in [2.05, 4.69) is 33.4 Å². The fourth-order valence-corrected chi connectivity index (χ4v) is 5.44. The molecule has 0 bridgehead atoms. The smallest absolute Gasteiger partial charge is 0.385 e. The number of piperidine rings is 1. The second-order valence-corrected chi connectivity index (χ2v) is 8.21. The normalized spacial score (nSPS) is 32.1. The van der Waals surface area contributed by atoms with Crippen molar-refractivity contribution < 1.29 is 22.7 Å². The summed E-state index contributed by atoms with van der Waals surface area (Å²) >= 11 is 3.58. The van der Waals surface area contributed by atoms with Gasteiger partial charge in [-0.2, -0.15) is 13.2 Å². The summed E-state index contributed by atoms with van der Waals surface area (Å²) in [6.07, 6.45) is 1.72. The van der Waals surface area contributed by atoms with Crippen LogP contribution in [0, 0.1) is 11.3 Å². The van der Waals surface area contributed by atoms with E-state index in [1.807, 2.05) is 0 Å². The Morgan fingerprint density at radius 1 is 1.46 bits per heavy atom. The summed E-state index contributed by atoms with van der Waals surface area (Å²) in [6, 6.07) is -0.473. The number of alkyl halides is 3. The van der Waals surface area contributed by atoms with Crippen molar-refractivity contribution in [3.63, 3.8) is 0 Å². The molecule has 1 N–H and O–H groups in total.